The number of aryl methyl sites for hydroxylation is 1. The molecular weight excluding hydrogens is 391 g/mol. The highest BCUT2D eigenvalue weighted by Gasteiger charge is 2.27. The first-order chi connectivity index (χ1) is 13.8. The third kappa shape index (κ3) is 6.57. The van der Waals surface area contributed by atoms with Crippen LogP contribution in [0.2, 0.25) is 5.02 Å². The number of hydrogen-bond acceptors (Lipinski definition) is 2. The van der Waals surface area contributed by atoms with Crippen molar-refractivity contribution in [2.45, 2.75) is 58.7 Å². The molecule has 0 fully saturated rings. The Morgan fingerprint density at radius 1 is 1.07 bits per heavy atom. The molecule has 0 spiro atoms. The lowest BCUT2D eigenvalue weighted by atomic mass is 10.1. The molecule has 2 amide bonds. The maximum atomic E-state index is 14.2. The third-order valence-corrected chi connectivity index (χ3v) is 5.40. The number of nitrogens with zero attached hydrogens (tertiary/aromatic N) is 1. The highest BCUT2D eigenvalue weighted by atomic mass is 35.5. The fourth-order valence-corrected chi connectivity index (χ4v) is 3.17. The smallest absolute Gasteiger partial charge is 0.242 e. The van der Waals surface area contributed by atoms with E-state index in [-0.39, 0.29) is 30.8 Å². The molecular formula is C23H28ClFN2O2. The molecule has 1 N–H and O–H groups in total. The van der Waals surface area contributed by atoms with Crippen LogP contribution in [0.25, 0.3) is 0 Å². The van der Waals surface area contributed by atoms with E-state index >= 15 is 0 Å². The first kappa shape index (κ1) is 22.9. The summed E-state index contributed by atoms with van der Waals surface area (Å²) < 4.78 is 14.2. The fourth-order valence-electron chi connectivity index (χ4n) is 2.94. The number of carbonyl (C=O) groups excluding carboxylic acids is 2. The van der Waals surface area contributed by atoms with Crippen LogP contribution in [-0.4, -0.2) is 28.8 Å². The summed E-state index contributed by atoms with van der Waals surface area (Å²) in [6, 6.07) is 12.9. The second-order valence-electron chi connectivity index (χ2n) is 7.20. The summed E-state index contributed by atoms with van der Waals surface area (Å²) in [5.74, 6) is -0.868. The van der Waals surface area contributed by atoms with Crippen molar-refractivity contribution in [2.75, 3.05) is 0 Å². The van der Waals surface area contributed by atoms with Crippen LogP contribution in [0.1, 0.15) is 44.7 Å². The van der Waals surface area contributed by atoms with Crippen LogP contribution in [-0.2, 0) is 22.6 Å². The Morgan fingerprint density at radius 3 is 2.31 bits per heavy atom. The van der Waals surface area contributed by atoms with E-state index in [2.05, 4.69) is 5.32 Å². The van der Waals surface area contributed by atoms with Crippen molar-refractivity contribution in [2.24, 2.45) is 0 Å². The fraction of sp³-hybridized carbons (Fsp3) is 0.391. The third-order valence-electron chi connectivity index (χ3n) is 5.03. The van der Waals surface area contributed by atoms with Crippen LogP contribution >= 0.6 is 11.6 Å². The van der Waals surface area contributed by atoms with Gasteiger partial charge >= 0.3 is 0 Å². The molecule has 0 radical (unpaired) electrons. The van der Waals surface area contributed by atoms with Crippen molar-refractivity contribution in [3.05, 3.63) is 70.5 Å². The van der Waals surface area contributed by atoms with Gasteiger partial charge in [0.2, 0.25) is 11.8 Å². The Kier molecular flexibility index (Phi) is 8.65. The van der Waals surface area contributed by atoms with Gasteiger partial charge in [-0.15, -0.1) is 0 Å². The Balaban J connectivity index is 2.18. The molecule has 29 heavy (non-hydrogen) atoms. The largest absolute Gasteiger partial charge is 0.352 e. The summed E-state index contributed by atoms with van der Waals surface area (Å²) >= 11 is 6.19. The van der Waals surface area contributed by atoms with E-state index in [1.807, 2.05) is 32.0 Å². The van der Waals surface area contributed by atoms with Gasteiger partial charge in [-0.2, -0.15) is 0 Å². The highest BCUT2D eigenvalue weighted by molar-refractivity contribution is 6.31. The van der Waals surface area contributed by atoms with E-state index < -0.39 is 11.9 Å². The van der Waals surface area contributed by atoms with Crippen LogP contribution in [0.3, 0.4) is 0 Å². The Labute approximate surface area is 177 Å². The lowest BCUT2D eigenvalue weighted by Crippen LogP contribution is -2.49. The SMILES string of the molecule is CC[C@H](C)NC(=O)[C@H](C)N(Cc1ccccc1F)C(=O)CCc1ccccc1Cl. The van der Waals surface area contributed by atoms with Crippen LogP contribution in [0.4, 0.5) is 4.39 Å². The van der Waals surface area contributed by atoms with E-state index in [1.165, 1.54) is 11.0 Å². The van der Waals surface area contributed by atoms with E-state index in [0.717, 1.165) is 12.0 Å². The Bertz CT molecular complexity index is 843. The summed E-state index contributed by atoms with van der Waals surface area (Å²) in [4.78, 5) is 27.1. The molecule has 0 unspecified atom stereocenters. The standard InChI is InChI=1S/C23H28ClFN2O2/c1-4-16(2)26-23(29)17(3)27(15-19-10-6-8-12-21(19)25)22(28)14-13-18-9-5-7-11-20(18)24/h5-12,16-17H,4,13-15H2,1-3H3,(H,26,29)/t16-,17-/m0/s1. The number of rotatable bonds is 9. The topological polar surface area (TPSA) is 49.4 Å². The van der Waals surface area contributed by atoms with Gasteiger partial charge in [-0.3, -0.25) is 9.59 Å². The highest BCUT2D eigenvalue weighted by Crippen LogP contribution is 2.19. The Morgan fingerprint density at radius 2 is 1.69 bits per heavy atom. The van der Waals surface area contributed by atoms with Gasteiger partial charge in [0.05, 0.1) is 0 Å². The van der Waals surface area contributed by atoms with E-state index in [0.29, 0.717) is 17.0 Å². The normalized spacial score (nSPS) is 12.9. The molecule has 0 aliphatic rings. The molecule has 0 aromatic heterocycles. The second kappa shape index (κ2) is 11.0. The van der Waals surface area contributed by atoms with Crippen molar-refractivity contribution in [3.63, 3.8) is 0 Å². The molecule has 6 heteroatoms. The van der Waals surface area contributed by atoms with Gasteiger partial charge < -0.3 is 10.2 Å². The van der Waals surface area contributed by atoms with Crippen molar-refractivity contribution < 1.29 is 14.0 Å². The van der Waals surface area contributed by atoms with Crippen molar-refractivity contribution >= 4 is 23.4 Å². The van der Waals surface area contributed by atoms with Gasteiger partial charge in [-0.1, -0.05) is 54.9 Å². The van der Waals surface area contributed by atoms with Gasteiger partial charge in [0.15, 0.2) is 0 Å². The van der Waals surface area contributed by atoms with Gasteiger partial charge in [0.25, 0.3) is 0 Å². The van der Waals surface area contributed by atoms with Gasteiger partial charge in [0, 0.05) is 29.6 Å². The maximum Gasteiger partial charge on any atom is 0.242 e. The van der Waals surface area contributed by atoms with Crippen molar-refractivity contribution in [3.8, 4) is 0 Å². The molecule has 0 aliphatic heterocycles. The average molecular weight is 419 g/mol. The van der Waals surface area contributed by atoms with Crippen molar-refractivity contribution in [1.82, 2.24) is 10.2 Å². The zero-order chi connectivity index (χ0) is 21.4. The lowest BCUT2D eigenvalue weighted by molar-refractivity contribution is -0.140. The number of benzene rings is 2. The summed E-state index contributed by atoms with van der Waals surface area (Å²) in [5, 5.41) is 3.50. The average Bonchev–Trinajstić information content (AvgIpc) is 2.71. The summed E-state index contributed by atoms with van der Waals surface area (Å²) in [7, 11) is 0. The summed E-state index contributed by atoms with van der Waals surface area (Å²) in [5.41, 5.74) is 1.24. The summed E-state index contributed by atoms with van der Waals surface area (Å²) in [6.45, 7) is 5.58. The molecule has 2 aromatic carbocycles. The van der Waals surface area contributed by atoms with Gasteiger partial charge in [-0.05, 0) is 44.4 Å². The predicted molar refractivity (Wildman–Crippen MR) is 114 cm³/mol. The van der Waals surface area contributed by atoms with Gasteiger partial charge in [-0.25, -0.2) is 4.39 Å². The van der Waals surface area contributed by atoms with Crippen LogP contribution in [0, 0.1) is 5.82 Å². The van der Waals surface area contributed by atoms with Gasteiger partial charge in [0.1, 0.15) is 11.9 Å². The zero-order valence-corrected chi connectivity index (χ0v) is 17.9. The molecule has 0 aliphatic carbocycles. The number of amides is 2. The number of hydrogen-bond donors (Lipinski definition) is 1. The van der Waals surface area contributed by atoms with E-state index in [4.69, 9.17) is 11.6 Å². The minimum Gasteiger partial charge on any atom is -0.352 e. The van der Waals surface area contributed by atoms with E-state index in [1.54, 1.807) is 31.2 Å². The first-order valence-corrected chi connectivity index (χ1v) is 10.3. The number of carbonyl (C=O) groups is 2. The molecule has 0 saturated carbocycles. The van der Waals surface area contributed by atoms with E-state index in [9.17, 15) is 14.0 Å². The zero-order valence-electron chi connectivity index (χ0n) is 17.1. The molecule has 4 nitrogen and oxygen atoms in total. The number of nitrogens with one attached hydrogen (secondary N) is 1. The maximum absolute atomic E-state index is 14.2. The predicted octanol–water partition coefficient (Wildman–Crippen LogP) is 4.74. The quantitative estimate of drug-likeness (QED) is 0.639. The molecule has 2 atom stereocenters. The Hall–Kier alpha value is -2.40. The molecule has 156 valence electrons. The van der Waals surface area contributed by atoms with Crippen LogP contribution in [0.5, 0.6) is 0 Å². The van der Waals surface area contributed by atoms with Crippen molar-refractivity contribution in [1.29, 1.82) is 0 Å². The minimum atomic E-state index is -0.720. The molecule has 0 saturated heterocycles. The lowest BCUT2D eigenvalue weighted by Gasteiger charge is -2.30. The molecule has 0 heterocycles. The second-order valence-corrected chi connectivity index (χ2v) is 7.61. The monoisotopic (exact) mass is 418 g/mol. The van der Waals surface area contributed by atoms with Crippen LogP contribution < -0.4 is 5.32 Å². The molecule has 2 aromatic rings. The first-order valence-electron chi connectivity index (χ1n) is 9.90. The molecule has 0 bridgehead atoms. The molecule has 2 rings (SSSR count). The number of halogens is 2. The minimum absolute atomic E-state index is 0.00140. The summed E-state index contributed by atoms with van der Waals surface area (Å²) in [6.07, 6.45) is 1.41. The van der Waals surface area contributed by atoms with Crippen LogP contribution in [0.15, 0.2) is 48.5 Å².